The fraction of sp³-hybridized carbons (Fsp3) is 0.321. The minimum Gasteiger partial charge on any atom is -0.313 e. The van der Waals surface area contributed by atoms with Gasteiger partial charge in [0.1, 0.15) is 0 Å². The molecular weight excluding hydrogens is 525 g/mol. The molecule has 39 heavy (non-hydrogen) atoms. The highest BCUT2D eigenvalue weighted by Crippen LogP contribution is 2.30. The highest BCUT2D eigenvalue weighted by Gasteiger charge is 2.28. The average Bonchev–Trinajstić information content (AvgIpc) is 3.32. The number of rotatable bonds is 10. The van der Waals surface area contributed by atoms with E-state index in [1.54, 1.807) is 48.7 Å². The molecule has 0 spiro atoms. The standard InChI is InChI=1S/C28H27F3N6OS/c29-28(30,31)10-11-35-23-8-9-24-25(13-23)39-27(36-24)37-26(38)21-3-1-2-19(12-21)16-34-17-22(15-33)20-6-4-18(14-32)5-7-20/h1-7,12,15,17,22-23,33,35H,8-11,13,16H2,(H,36,37,38). The summed E-state index contributed by atoms with van der Waals surface area (Å²) >= 11 is 1.36. The molecule has 0 fully saturated rings. The van der Waals surface area contributed by atoms with Gasteiger partial charge in [-0.2, -0.15) is 18.4 Å². The first-order valence-electron chi connectivity index (χ1n) is 12.4. The van der Waals surface area contributed by atoms with E-state index in [0.717, 1.165) is 21.7 Å². The zero-order valence-corrected chi connectivity index (χ0v) is 21.8. The van der Waals surface area contributed by atoms with Gasteiger partial charge in [-0.3, -0.25) is 15.1 Å². The average molecular weight is 553 g/mol. The molecule has 0 aliphatic heterocycles. The predicted molar refractivity (Wildman–Crippen MR) is 146 cm³/mol. The van der Waals surface area contributed by atoms with Crippen LogP contribution < -0.4 is 10.6 Å². The number of halogens is 3. The monoisotopic (exact) mass is 552 g/mol. The normalized spacial score (nSPS) is 15.9. The lowest BCUT2D eigenvalue weighted by atomic mass is 9.97. The first kappa shape index (κ1) is 28.1. The van der Waals surface area contributed by atoms with E-state index >= 15 is 0 Å². The number of hydrogen-bond donors (Lipinski definition) is 3. The van der Waals surface area contributed by atoms with E-state index in [9.17, 15) is 18.0 Å². The molecule has 11 heteroatoms. The van der Waals surface area contributed by atoms with E-state index < -0.39 is 12.6 Å². The predicted octanol–water partition coefficient (Wildman–Crippen LogP) is 5.67. The molecule has 3 N–H and O–H groups in total. The molecule has 1 aliphatic carbocycles. The molecule has 0 radical (unpaired) electrons. The van der Waals surface area contributed by atoms with E-state index in [1.807, 2.05) is 6.07 Å². The molecule has 0 saturated heterocycles. The lowest BCUT2D eigenvalue weighted by Gasteiger charge is -2.22. The zero-order valence-electron chi connectivity index (χ0n) is 21.0. The molecule has 2 aromatic carbocycles. The molecule has 0 bridgehead atoms. The van der Waals surface area contributed by atoms with Gasteiger partial charge in [-0.1, -0.05) is 24.3 Å². The molecule has 1 heterocycles. The molecule has 1 aromatic heterocycles. The number of nitrogens with one attached hydrogen (secondary N) is 3. The van der Waals surface area contributed by atoms with Crippen molar-refractivity contribution in [3.8, 4) is 6.07 Å². The van der Waals surface area contributed by atoms with Crippen molar-refractivity contribution in [1.29, 1.82) is 10.7 Å². The Labute approximate surface area is 228 Å². The number of fused-ring (bicyclic) bond motifs is 1. The number of nitriles is 1. The lowest BCUT2D eigenvalue weighted by molar-refractivity contribution is -0.133. The first-order chi connectivity index (χ1) is 18.7. The van der Waals surface area contributed by atoms with Crippen LogP contribution in [-0.4, -0.2) is 42.1 Å². The van der Waals surface area contributed by atoms with Crippen molar-refractivity contribution in [2.75, 3.05) is 11.9 Å². The minimum absolute atomic E-state index is 0.0368. The maximum Gasteiger partial charge on any atom is 0.390 e. The number of aliphatic imine (C=N–C) groups is 1. The van der Waals surface area contributed by atoms with Gasteiger partial charge < -0.3 is 10.7 Å². The topological polar surface area (TPSA) is 114 Å². The van der Waals surface area contributed by atoms with Crippen LogP contribution >= 0.6 is 11.3 Å². The number of aromatic nitrogens is 1. The Morgan fingerprint density at radius 1 is 1.28 bits per heavy atom. The Morgan fingerprint density at radius 3 is 2.79 bits per heavy atom. The number of benzene rings is 2. The van der Waals surface area contributed by atoms with E-state index in [4.69, 9.17) is 10.7 Å². The van der Waals surface area contributed by atoms with Crippen molar-refractivity contribution >= 4 is 34.8 Å². The Balaban J connectivity index is 1.33. The first-order valence-corrected chi connectivity index (χ1v) is 13.3. The molecule has 2 atom stereocenters. The number of amides is 1. The van der Waals surface area contributed by atoms with Gasteiger partial charge in [0.05, 0.1) is 36.2 Å². The SMILES string of the molecule is N#Cc1ccc(C(C=N)C=NCc2cccc(C(=O)Nc3nc4c(s3)CC(NCCC(F)(F)F)CC4)c2)cc1. The van der Waals surface area contributed by atoms with E-state index in [0.29, 0.717) is 42.1 Å². The van der Waals surface area contributed by atoms with E-state index in [2.05, 4.69) is 26.7 Å². The number of thiazole rings is 1. The molecule has 2 unspecified atom stereocenters. The van der Waals surface area contributed by atoms with Crippen LogP contribution in [0.15, 0.2) is 53.5 Å². The van der Waals surface area contributed by atoms with Gasteiger partial charge in [0.15, 0.2) is 5.13 Å². The second-order valence-electron chi connectivity index (χ2n) is 9.22. The lowest BCUT2D eigenvalue weighted by Crippen LogP contribution is -2.36. The van der Waals surface area contributed by atoms with Gasteiger partial charge in [0.25, 0.3) is 5.91 Å². The summed E-state index contributed by atoms with van der Waals surface area (Å²) in [7, 11) is 0. The van der Waals surface area contributed by atoms with Crippen molar-refractivity contribution in [2.45, 2.75) is 50.4 Å². The van der Waals surface area contributed by atoms with Crippen molar-refractivity contribution in [1.82, 2.24) is 10.3 Å². The molecule has 3 aromatic rings. The Kier molecular flexibility index (Phi) is 9.22. The summed E-state index contributed by atoms with van der Waals surface area (Å²) in [4.78, 5) is 22.8. The second kappa shape index (κ2) is 12.8. The van der Waals surface area contributed by atoms with Gasteiger partial charge >= 0.3 is 6.18 Å². The van der Waals surface area contributed by atoms with Crippen LogP contribution in [0.3, 0.4) is 0 Å². The molecular formula is C28H27F3N6OS. The van der Waals surface area contributed by atoms with Crippen LogP contribution in [0.1, 0.15) is 56.4 Å². The highest BCUT2D eigenvalue weighted by atomic mass is 32.1. The second-order valence-corrected chi connectivity index (χ2v) is 10.3. The third-order valence-corrected chi connectivity index (χ3v) is 7.37. The maximum absolute atomic E-state index is 12.9. The fourth-order valence-electron chi connectivity index (χ4n) is 4.28. The smallest absolute Gasteiger partial charge is 0.313 e. The summed E-state index contributed by atoms with van der Waals surface area (Å²) in [6.07, 6.45) is -0.131. The minimum atomic E-state index is -4.17. The largest absolute Gasteiger partial charge is 0.390 e. The van der Waals surface area contributed by atoms with Crippen LogP contribution in [0.4, 0.5) is 18.3 Å². The third-order valence-electron chi connectivity index (χ3n) is 6.33. The van der Waals surface area contributed by atoms with Gasteiger partial charge in [0.2, 0.25) is 0 Å². The van der Waals surface area contributed by atoms with Gasteiger partial charge in [-0.05, 0) is 54.7 Å². The van der Waals surface area contributed by atoms with Crippen LogP contribution in [0.5, 0.6) is 0 Å². The molecule has 1 amide bonds. The maximum atomic E-state index is 12.9. The summed E-state index contributed by atoms with van der Waals surface area (Å²) < 4.78 is 37.3. The quantitative estimate of drug-likeness (QED) is 0.281. The van der Waals surface area contributed by atoms with Gasteiger partial charge in [-0.15, -0.1) is 11.3 Å². The van der Waals surface area contributed by atoms with Crippen molar-refractivity contribution < 1.29 is 18.0 Å². The summed E-state index contributed by atoms with van der Waals surface area (Å²) in [5.74, 6) is -0.624. The Bertz CT molecular complexity index is 1380. The van der Waals surface area contributed by atoms with Gasteiger partial charge in [-0.25, -0.2) is 4.98 Å². The number of anilines is 1. The summed E-state index contributed by atoms with van der Waals surface area (Å²) in [5, 5.41) is 22.9. The number of nitrogens with zero attached hydrogens (tertiary/aromatic N) is 3. The van der Waals surface area contributed by atoms with Crippen LogP contribution in [-0.2, 0) is 19.4 Å². The van der Waals surface area contributed by atoms with Crippen LogP contribution in [0, 0.1) is 16.7 Å². The molecule has 202 valence electrons. The van der Waals surface area contributed by atoms with Crippen molar-refractivity contribution in [2.24, 2.45) is 4.99 Å². The van der Waals surface area contributed by atoms with Crippen molar-refractivity contribution in [3.63, 3.8) is 0 Å². The molecule has 1 aliphatic rings. The molecule has 7 nitrogen and oxygen atoms in total. The third kappa shape index (κ3) is 8.05. The number of carbonyl (C=O) groups excluding carboxylic acids is 1. The fourth-order valence-corrected chi connectivity index (χ4v) is 5.36. The van der Waals surface area contributed by atoms with E-state index in [-0.39, 0.29) is 24.4 Å². The zero-order chi connectivity index (χ0) is 27.8. The van der Waals surface area contributed by atoms with Gasteiger partial charge in [0, 0.05) is 35.5 Å². The van der Waals surface area contributed by atoms with Crippen LogP contribution in [0.25, 0.3) is 0 Å². The van der Waals surface area contributed by atoms with Crippen molar-refractivity contribution in [3.05, 3.63) is 81.4 Å². The summed E-state index contributed by atoms with van der Waals surface area (Å²) in [6.45, 7) is 0.222. The number of alkyl halides is 3. The molecule has 0 saturated carbocycles. The van der Waals surface area contributed by atoms with E-state index in [1.165, 1.54) is 17.6 Å². The summed E-state index contributed by atoms with van der Waals surface area (Å²) in [6, 6.07) is 16.1. The Hall–Kier alpha value is -3.88. The number of aryl methyl sites for hydroxylation is 1. The summed E-state index contributed by atoms with van der Waals surface area (Å²) in [5.41, 5.74) is 3.58. The number of carbonyl (C=O) groups is 1. The molecule has 4 rings (SSSR count). The Morgan fingerprint density at radius 2 is 2.08 bits per heavy atom. The highest BCUT2D eigenvalue weighted by molar-refractivity contribution is 7.15. The van der Waals surface area contributed by atoms with Crippen LogP contribution in [0.2, 0.25) is 0 Å². The number of hydrogen-bond acceptors (Lipinski definition) is 7.